The molecule has 1 aliphatic carbocycles. The number of hydrogen-bond acceptors (Lipinski definition) is 5. The Balaban J connectivity index is 1.52. The topological polar surface area (TPSA) is 88.4 Å². The fourth-order valence-electron chi connectivity index (χ4n) is 3.87. The van der Waals surface area contributed by atoms with Gasteiger partial charge in [-0.2, -0.15) is 13.2 Å². The minimum Gasteiger partial charge on any atom is -0.366 e. The van der Waals surface area contributed by atoms with E-state index >= 15 is 0 Å². The van der Waals surface area contributed by atoms with Gasteiger partial charge in [-0.3, -0.25) is 0 Å². The second kappa shape index (κ2) is 8.12. The molecule has 11 heteroatoms. The van der Waals surface area contributed by atoms with Crippen molar-refractivity contribution in [3.8, 4) is 11.3 Å². The molecule has 2 aromatic heterocycles. The lowest BCUT2D eigenvalue weighted by molar-refractivity contribution is -0.137. The minimum absolute atomic E-state index is 0.0651. The quantitative estimate of drug-likeness (QED) is 0.615. The number of benzene rings is 1. The maximum atomic E-state index is 13.1. The van der Waals surface area contributed by atoms with Crippen molar-refractivity contribution < 1.29 is 21.6 Å². The molecule has 0 atom stereocenters. The van der Waals surface area contributed by atoms with Crippen LogP contribution in [0.3, 0.4) is 0 Å². The van der Waals surface area contributed by atoms with Crippen molar-refractivity contribution in [2.75, 3.05) is 11.6 Å². The Morgan fingerprint density at radius 2 is 1.77 bits per heavy atom. The predicted molar refractivity (Wildman–Crippen MR) is 111 cm³/mol. The van der Waals surface area contributed by atoms with Gasteiger partial charge in [0.1, 0.15) is 5.82 Å². The van der Waals surface area contributed by atoms with Gasteiger partial charge in [0.25, 0.3) is 0 Å². The van der Waals surface area contributed by atoms with Crippen LogP contribution in [0.4, 0.5) is 19.0 Å². The van der Waals surface area contributed by atoms with Gasteiger partial charge in [-0.25, -0.2) is 22.6 Å². The smallest absolute Gasteiger partial charge is 0.366 e. The zero-order valence-electron chi connectivity index (χ0n) is 16.7. The van der Waals surface area contributed by atoms with E-state index in [4.69, 9.17) is 0 Å². The summed E-state index contributed by atoms with van der Waals surface area (Å²) in [4.78, 5) is 4.25. The SMILES string of the molecule is CS(=O)(=O)N[C@H]1CC[C@H](Nc2ccc3ncc(-c4cccc(C(F)(F)F)c4)n3n2)CC1. The summed E-state index contributed by atoms with van der Waals surface area (Å²) < 4.78 is 66.2. The van der Waals surface area contributed by atoms with E-state index in [1.807, 2.05) is 0 Å². The van der Waals surface area contributed by atoms with E-state index in [0.717, 1.165) is 31.2 Å². The fraction of sp³-hybridized carbons (Fsp3) is 0.400. The summed E-state index contributed by atoms with van der Waals surface area (Å²) in [6, 6.07) is 8.66. The van der Waals surface area contributed by atoms with Crippen LogP contribution in [-0.4, -0.2) is 41.4 Å². The number of halogens is 3. The second-order valence-electron chi connectivity index (χ2n) is 7.79. The molecule has 166 valence electrons. The first-order valence-electron chi connectivity index (χ1n) is 9.85. The van der Waals surface area contributed by atoms with Crippen molar-refractivity contribution in [2.24, 2.45) is 0 Å². The zero-order chi connectivity index (χ0) is 22.2. The van der Waals surface area contributed by atoms with Crippen LogP contribution in [-0.2, 0) is 16.2 Å². The molecular formula is C20H22F3N5O2S. The molecule has 0 saturated heterocycles. The maximum Gasteiger partial charge on any atom is 0.416 e. The molecule has 0 spiro atoms. The molecule has 1 saturated carbocycles. The summed E-state index contributed by atoms with van der Waals surface area (Å²) in [5, 5.41) is 7.87. The number of imidazole rings is 1. The molecule has 1 fully saturated rings. The number of rotatable bonds is 5. The number of hydrogen-bond donors (Lipinski definition) is 2. The predicted octanol–water partition coefficient (Wildman–Crippen LogP) is 3.69. The van der Waals surface area contributed by atoms with Crippen LogP contribution in [0.5, 0.6) is 0 Å². The zero-order valence-corrected chi connectivity index (χ0v) is 17.5. The van der Waals surface area contributed by atoms with Crippen molar-refractivity contribution in [3.05, 3.63) is 48.2 Å². The maximum absolute atomic E-state index is 13.1. The highest BCUT2D eigenvalue weighted by atomic mass is 32.2. The summed E-state index contributed by atoms with van der Waals surface area (Å²) in [5.74, 6) is 0.582. The van der Waals surface area contributed by atoms with Gasteiger partial charge >= 0.3 is 6.18 Å². The number of aromatic nitrogens is 3. The highest BCUT2D eigenvalue weighted by Gasteiger charge is 2.30. The van der Waals surface area contributed by atoms with E-state index in [9.17, 15) is 21.6 Å². The monoisotopic (exact) mass is 453 g/mol. The summed E-state index contributed by atoms with van der Waals surface area (Å²) >= 11 is 0. The number of nitrogens with zero attached hydrogens (tertiary/aromatic N) is 3. The largest absolute Gasteiger partial charge is 0.416 e. The lowest BCUT2D eigenvalue weighted by Gasteiger charge is -2.29. The third-order valence-corrected chi connectivity index (χ3v) is 6.07. The summed E-state index contributed by atoms with van der Waals surface area (Å²) in [5.41, 5.74) is 0.637. The molecule has 4 rings (SSSR count). The van der Waals surface area contributed by atoms with Gasteiger partial charge in [-0.1, -0.05) is 12.1 Å². The minimum atomic E-state index is -4.43. The molecule has 2 N–H and O–H groups in total. The Kier molecular flexibility index (Phi) is 5.65. The summed E-state index contributed by atoms with van der Waals surface area (Å²) in [6.07, 6.45) is 1.21. The van der Waals surface area contributed by atoms with Gasteiger partial charge in [-0.15, -0.1) is 5.10 Å². The molecule has 7 nitrogen and oxygen atoms in total. The molecule has 1 aliphatic rings. The number of sulfonamides is 1. The standard InChI is InChI=1S/C20H22F3N5O2S/c1-31(29,30)27-16-7-5-15(6-8-16)25-18-9-10-19-24-12-17(28(19)26-18)13-3-2-4-14(11-13)20(21,22)23/h2-4,9-12,15-16,27H,5-8H2,1H3,(H,25,26)/t15-,16-. The second-order valence-corrected chi connectivity index (χ2v) is 9.57. The van der Waals surface area contributed by atoms with E-state index in [2.05, 4.69) is 20.1 Å². The molecule has 0 bridgehead atoms. The highest BCUT2D eigenvalue weighted by Crippen LogP contribution is 2.32. The Labute approximate surface area is 177 Å². The van der Waals surface area contributed by atoms with E-state index in [0.29, 0.717) is 35.6 Å². The van der Waals surface area contributed by atoms with Crippen molar-refractivity contribution in [1.29, 1.82) is 0 Å². The summed E-state index contributed by atoms with van der Waals surface area (Å²) in [6.45, 7) is 0. The fourth-order valence-corrected chi connectivity index (χ4v) is 4.71. The van der Waals surface area contributed by atoms with Crippen molar-refractivity contribution in [3.63, 3.8) is 0 Å². The number of anilines is 1. The van der Waals surface area contributed by atoms with Gasteiger partial charge in [0.15, 0.2) is 5.65 Å². The highest BCUT2D eigenvalue weighted by molar-refractivity contribution is 7.88. The van der Waals surface area contributed by atoms with Crippen molar-refractivity contribution in [2.45, 2.75) is 43.9 Å². The van der Waals surface area contributed by atoms with Gasteiger partial charge in [0.2, 0.25) is 10.0 Å². The van der Waals surface area contributed by atoms with Crippen LogP contribution < -0.4 is 10.0 Å². The van der Waals surface area contributed by atoms with Gasteiger partial charge < -0.3 is 5.32 Å². The molecule has 1 aromatic carbocycles. The first-order chi connectivity index (χ1) is 14.6. The molecule has 0 unspecified atom stereocenters. The lowest BCUT2D eigenvalue weighted by atomic mass is 9.92. The average Bonchev–Trinajstić information content (AvgIpc) is 3.11. The molecule has 2 heterocycles. The Morgan fingerprint density at radius 1 is 1.06 bits per heavy atom. The van der Waals surface area contributed by atoms with Crippen LogP contribution in [0.1, 0.15) is 31.2 Å². The van der Waals surface area contributed by atoms with Gasteiger partial charge in [-0.05, 0) is 49.9 Å². The average molecular weight is 453 g/mol. The molecule has 3 aromatic rings. The van der Waals surface area contributed by atoms with Crippen LogP contribution in [0.15, 0.2) is 42.6 Å². The van der Waals surface area contributed by atoms with E-state index < -0.39 is 21.8 Å². The van der Waals surface area contributed by atoms with E-state index in [1.165, 1.54) is 16.8 Å². The third kappa shape index (κ3) is 5.16. The Morgan fingerprint density at radius 3 is 2.45 bits per heavy atom. The third-order valence-electron chi connectivity index (χ3n) is 5.31. The molecule has 0 radical (unpaired) electrons. The number of nitrogens with one attached hydrogen (secondary N) is 2. The number of alkyl halides is 3. The van der Waals surface area contributed by atoms with Crippen LogP contribution in [0, 0.1) is 0 Å². The lowest BCUT2D eigenvalue weighted by Crippen LogP contribution is -2.39. The molecular weight excluding hydrogens is 431 g/mol. The molecule has 31 heavy (non-hydrogen) atoms. The van der Waals surface area contributed by atoms with Crippen LogP contribution in [0.2, 0.25) is 0 Å². The van der Waals surface area contributed by atoms with Crippen LogP contribution >= 0.6 is 0 Å². The Hall–Kier alpha value is -2.66. The molecule has 0 amide bonds. The van der Waals surface area contributed by atoms with Crippen molar-refractivity contribution in [1.82, 2.24) is 19.3 Å². The van der Waals surface area contributed by atoms with Gasteiger partial charge in [0, 0.05) is 17.6 Å². The number of fused-ring (bicyclic) bond motifs is 1. The Bertz CT molecular complexity index is 1180. The van der Waals surface area contributed by atoms with E-state index in [1.54, 1.807) is 18.2 Å². The van der Waals surface area contributed by atoms with E-state index in [-0.39, 0.29) is 12.1 Å². The molecule has 0 aliphatic heterocycles. The normalized spacial score (nSPS) is 20.1. The summed E-state index contributed by atoms with van der Waals surface area (Å²) in [7, 11) is -3.22. The van der Waals surface area contributed by atoms with Crippen molar-refractivity contribution >= 4 is 21.5 Å². The first kappa shape index (κ1) is 21.6. The first-order valence-corrected chi connectivity index (χ1v) is 11.7. The van der Waals surface area contributed by atoms with Crippen LogP contribution in [0.25, 0.3) is 16.9 Å². The van der Waals surface area contributed by atoms with Gasteiger partial charge in [0.05, 0.1) is 23.7 Å².